The van der Waals surface area contributed by atoms with Gasteiger partial charge in [-0.25, -0.2) is 17.9 Å². The molecule has 0 bridgehead atoms. The summed E-state index contributed by atoms with van der Waals surface area (Å²) in [6, 6.07) is 19.7. The summed E-state index contributed by atoms with van der Waals surface area (Å²) in [5.74, 6) is -1.36. The molecular formula is C24H24N2O5S2. The van der Waals surface area contributed by atoms with Crippen molar-refractivity contribution in [2.45, 2.75) is 36.7 Å². The number of carboxylic acid groups (broad SMARTS) is 1. The van der Waals surface area contributed by atoms with Gasteiger partial charge in [-0.2, -0.15) is 4.72 Å². The van der Waals surface area contributed by atoms with Crippen molar-refractivity contribution in [1.82, 2.24) is 9.44 Å². The van der Waals surface area contributed by atoms with E-state index in [0.29, 0.717) is 29.4 Å². The summed E-state index contributed by atoms with van der Waals surface area (Å²) in [6.07, 6.45) is 1.02. The van der Waals surface area contributed by atoms with Crippen LogP contribution in [0, 0.1) is 6.92 Å². The van der Waals surface area contributed by atoms with Gasteiger partial charge in [-0.05, 0) is 56.0 Å². The van der Waals surface area contributed by atoms with E-state index in [1.165, 1.54) is 12.1 Å². The fourth-order valence-corrected chi connectivity index (χ4v) is 5.48. The lowest BCUT2D eigenvalue weighted by molar-refractivity contribution is -0.144. The molecule has 0 saturated carbocycles. The first-order valence-electron chi connectivity index (χ1n) is 10.4. The van der Waals surface area contributed by atoms with Gasteiger partial charge in [-0.1, -0.05) is 60.8 Å². The molecule has 4 aromatic rings. The molecule has 3 N–H and O–H groups in total. The minimum Gasteiger partial charge on any atom is -0.479 e. The molecule has 0 radical (unpaired) electrons. The number of carboxylic acids is 1. The number of rotatable bonds is 9. The van der Waals surface area contributed by atoms with Crippen LogP contribution in [0.1, 0.15) is 24.0 Å². The quantitative estimate of drug-likeness (QED) is 0.207. The van der Waals surface area contributed by atoms with Gasteiger partial charge in [0.1, 0.15) is 11.2 Å². The number of sulfonamides is 1. The summed E-state index contributed by atoms with van der Waals surface area (Å²) in [4.78, 5) is 12.1. The van der Waals surface area contributed by atoms with E-state index >= 15 is 0 Å². The number of furan rings is 1. The molecule has 0 amide bonds. The standard InChI is InChI=1S/C24H24N2O5S2/c1-16-8-10-17(11-9-16)5-4-14-24(25-32,23(27)28)26-33(29,30)18-12-13-22-20(15-18)19-6-2-3-7-21(19)31-22/h2-3,6-13,15,25-26,32H,4-5,14H2,1H3,(H,27,28). The Morgan fingerprint density at radius 1 is 1.03 bits per heavy atom. The van der Waals surface area contributed by atoms with Gasteiger partial charge in [-0.15, -0.1) is 0 Å². The molecule has 9 heteroatoms. The molecule has 0 fully saturated rings. The van der Waals surface area contributed by atoms with Gasteiger partial charge >= 0.3 is 5.97 Å². The van der Waals surface area contributed by atoms with Crippen molar-refractivity contribution in [3.63, 3.8) is 0 Å². The summed E-state index contributed by atoms with van der Waals surface area (Å²) in [5, 5.41) is 11.3. The average Bonchev–Trinajstić information content (AvgIpc) is 3.17. The predicted octanol–water partition coefficient (Wildman–Crippen LogP) is 4.41. The van der Waals surface area contributed by atoms with Gasteiger partial charge in [0.2, 0.25) is 10.0 Å². The minimum absolute atomic E-state index is 0.00414. The number of para-hydroxylation sites is 1. The molecule has 1 heterocycles. The second kappa shape index (κ2) is 9.18. The van der Waals surface area contributed by atoms with Crippen molar-refractivity contribution in [2.75, 3.05) is 0 Å². The average molecular weight is 485 g/mol. The van der Waals surface area contributed by atoms with E-state index in [4.69, 9.17) is 4.42 Å². The molecule has 7 nitrogen and oxygen atoms in total. The van der Waals surface area contributed by atoms with Crippen LogP contribution in [0.3, 0.4) is 0 Å². The van der Waals surface area contributed by atoms with E-state index in [1.54, 1.807) is 12.1 Å². The second-order valence-electron chi connectivity index (χ2n) is 8.02. The normalized spacial score (nSPS) is 13.9. The zero-order valence-corrected chi connectivity index (χ0v) is 19.6. The molecule has 0 aliphatic carbocycles. The van der Waals surface area contributed by atoms with Gasteiger partial charge < -0.3 is 9.52 Å². The second-order valence-corrected chi connectivity index (χ2v) is 9.93. The van der Waals surface area contributed by atoms with Crippen LogP contribution in [-0.4, -0.2) is 25.2 Å². The number of aryl methyl sites for hydroxylation is 2. The van der Waals surface area contributed by atoms with Crippen molar-refractivity contribution in [3.8, 4) is 0 Å². The van der Waals surface area contributed by atoms with Crippen LogP contribution in [0.25, 0.3) is 21.9 Å². The van der Waals surface area contributed by atoms with Crippen molar-refractivity contribution in [2.24, 2.45) is 0 Å². The third-order valence-corrected chi connectivity index (χ3v) is 7.53. The molecule has 4 rings (SSSR count). The zero-order valence-electron chi connectivity index (χ0n) is 17.9. The van der Waals surface area contributed by atoms with E-state index in [1.807, 2.05) is 49.4 Å². The Bertz CT molecular complexity index is 1410. The Morgan fingerprint density at radius 3 is 2.42 bits per heavy atom. The maximum atomic E-state index is 13.2. The number of aliphatic carboxylic acids is 1. The Balaban J connectivity index is 1.60. The largest absolute Gasteiger partial charge is 0.479 e. The first-order valence-corrected chi connectivity index (χ1v) is 12.3. The summed E-state index contributed by atoms with van der Waals surface area (Å²) < 4.78 is 36.9. The molecule has 0 aliphatic heterocycles. The monoisotopic (exact) mass is 484 g/mol. The Hall–Kier alpha value is -2.85. The van der Waals surface area contributed by atoms with Crippen LogP contribution < -0.4 is 9.44 Å². The number of fused-ring (bicyclic) bond motifs is 3. The molecule has 1 aromatic heterocycles. The highest BCUT2D eigenvalue weighted by molar-refractivity contribution is 7.89. The van der Waals surface area contributed by atoms with E-state index < -0.39 is 21.7 Å². The van der Waals surface area contributed by atoms with Crippen molar-refractivity contribution in [1.29, 1.82) is 0 Å². The Morgan fingerprint density at radius 2 is 1.73 bits per heavy atom. The molecule has 0 aliphatic rings. The van der Waals surface area contributed by atoms with E-state index in [2.05, 4.69) is 22.3 Å². The first kappa shape index (κ1) is 23.3. The number of hydrogen-bond donors (Lipinski definition) is 4. The van der Waals surface area contributed by atoms with Crippen molar-refractivity contribution in [3.05, 3.63) is 77.9 Å². The SMILES string of the molecule is Cc1ccc(CCCC(NS)(NS(=O)(=O)c2ccc3oc4ccccc4c3c2)C(=O)O)cc1. The minimum atomic E-state index is -4.20. The molecule has 1 unspecified atom stereocenters. The number of nitrogens with one attached hydrogen (secondary N) is 2. The number of benzene rings is 3. The zero-order chi connectivity index (χ0) is 23.6. The van der Waals surface area contributed by atoms with Gasteiger partial charge in [0.15, 0.2) is 5.66 Å². The van der Waals surface area contributed by atoms with Gasteiger partial charge in [0, 0.05) is 10.8 Å². The molecule has 3 aromatic carbocycles. The van der Waals surface area contributed by atoms with Crippen molar-refractivity contribution < 1.29 is 22.7 Å². The topological polar surface area (TPSA) is 109 Å². The van der Waals surface area contributed by atoms with Crippen LogP contribution in [-0.2, 0) is 21.2 Å². The number of carbonyl (C=O) groups is 1. The van der Waals surface area contributed by atoms with Gasteiger partial charge in [0.25, 0.3) is 0 Å². The van der Waals surface area contributed by atoms with Crippen LogP contribution in [0.2, 0.25) is 0 Å². The summed E-state index contributed by atoms with van der Waals surface area (Å²) >= 11 is 3.96. The molecule has 0 saturated heterocycles. The Kier molecular flexibility index (Phi) is 6.49. The number of hydrogen-bond acceptors (Lipinski definition) is 6. The van der Waals surface area contributed by atoms with E-state index in [-0.39, 0.29) is 11.3 Å². The third-order valence-electron chi connectivity index (χ3n) is 5.66. The summed E-state index contributed by atoms with van der Waals surface area (Å²) in [5.41, 5.74) is 1.39. The smallest absolute Gasteiger partial charge is 0.340 e. The maximum Gasteiger partial charge on any atom is 0.340 e. The third kappa shape index (κ3) is 4.77. The molecular weight excluding hydrogens is 460 g/mol. The first-order chi connectivity index (χ1) is 15.7. The fraction of sp³-hybridized carbons (Fsp3) is 0.208. The number of thiol groups is 1. The van der Waals surface area contributed by atoms with E-state index in [0.717, 1.165) is 16.5 Å². The molecule has 0 spiro atoms. The fourth-order valence-electron chi connectivity index (χ4n) is 3.80. The van der Waals surface area contributed by atoms with Crippen molar-refractivity contribution >= 4 is 50.7 Å². The predicted molar refractivity (Wildman–Crippen MR) is 131 cm³/mol. The molecule has 172 valence electrons. The Labute approximate surface area is 197 Å². The van der Waals surface area contributed by atoms with Gasteiger partial charge in [0.05, 0.1) is 4.90 Å². The van der Waals surface area contributed by atoms with Crippen LogP contribution in [0.15, 0.2) is 76.0 Å². The maximum absolute atomic E-state index is 13.2. The van der Waals surface area contributed by atoms with Crippen LogP contribution in [0.4, 0.5) is 0 Å². The molecule has 33 heavy (non-hydrogen) atoms. The van der Waals surface area contributed by atoms with E-state index in [9.17, 15) is 18.3 Å². The highest BCUT2D eigenvalue weighted by Gasteiger charge is 2.41. The van der Waals surface area contributed by atoms with Crippen LogP contribution >= 0.6 is 12.8 Å². The molecule has 1 atom stereocenters. The van der Waals surface area contributed by atoms with Gasteiger partial charge in [-0.3, -0.25) is 0 Å². The lowest BCUT2D eigenvalue weighted by Gasteiger charge is -2.29. The lowest BCUT2D eigenvalue weighted by atomic mass is 10.0. The highest BCUT2D eigenvalue weighted by Crippen LogP contribution is 2.30. The summed E-state index contributed by atoms with van der Waals surface area (Å²) in [7, 11) is -4.20. The lowest BCUT2D eigenvalue weighted by Crippen LogP contribution is -2.61. The summed E-state index contributed by atoms with van der Waals surface area (Å²) in [6.45, 7) is 1.99. The highest BCUT2D eigenvalue weighted by atomic mass is 32.2. The van der Waals surface area contributed by atoms with Crippen LogP contribution in [0.5, 0.6) is 0 Å².